The van der Waals surface area contributed by atoms with E-state index in [2.05, 4.69) is 21.2 Å². The van der Waals surface area contributed by atoms with Crippen LogP contribution >= 0.6 is 15.9 Å². The third-order valence-electron chi connectivity index (χ3n) is 3.28. The molecule has 0 amide bonds. The van der Waals surface area contributed by atoms with Gasteiger partial charge < -0.3 is 5.32 Å². The van der Waals surface area contributed by atoms with Gasteiger partial charge in [-0.15, -0.1) is 0 Å². The molecule has 0 heterocycles. The molecule has 0 aliphatic heterocycles. The van der Waals surface area contributed by atoms with Crippen molar-refractivity contribution in [2.75, 3.05) is 5.32 Å². The van der Waals surface area contributed by atoms with Crippen molar-refractivity contribution in [1.82, 2.24) is 0 Å². The van der Waals surface area contributed by atoms with Crippen LogP contribution in [0.5, 0.6) is 0 Å². The number of hydrogen-bond donors (Lipinski definition) is 1. The van der Waals surface area contributed by atoms with Gasteiger partial charge in [0, 0.05) is 12.6 Å². The summed E-state index contributed by atoms with van der Waals surface area (Å²) in [7, 11) is 0. The SMILES string of the molecule is Cc1cc(NCc2ccc(Br)c(F)c2)c([N+](=O)[O-])cc1C. The van der Waals surface area contributed by atoms with E-state index in [1.165, 1.54) is 6.07 Å². The highest BCUT2D eigenvalue weighted by Crippen LogP contribution is 2.28. The van der Waals surface area contributed by atoms with Crippen molar-refractivity contribution in [3.63, 3.8) is 0 Å². The third-order valence-corrected chi connectivity index (χ3v) is 3.92. The molecular formula is C15H14BrFN2O2. The summed E-state index contributed by atoms with van der Waals surface area (Å²) in [6.45, 7) is 4.04. The molecule has 0 radical (unpaired) electrons. The zero-order valence-electron chi connectivity index (χ0n) is 11.6. The van der Waals surface area contributed by atoms with Crippen LogP contribution in [-0.4, -0.2) is 4.92 Å². The Morgan fingerprint density at radius 2 is 1.90 bits per heavy atom. The normalized spacial score (nSPS) is 10.5. The van der Waals surface area contributed by atoms with E-state index in [1.807, 2.05) is 13.8 Å². The maximum atomic E-state index is 13.4. The highest BCUT2D eigenvalue weighted by molar-refractivity contribution is 9.10. The predicted octanol–water partition coefficient (Wildman–Crippen LogP) is 4.73. The molecule has 1 N–H and O–H groups in total. The molecule has 2 aromatic carbocycles. The minimum atomic E-state index is -0.420. The van der Waals surface area contributed by atoms with Gasteiger partial charge in [0.25, 0.3) is 5.69 Å². The Morgan fingerprint density at radius 1 is 1.24 bits per heavy atom. The largest absolute Gasteiger partial charge is 0.375 e. The molecule has 0 bridgehead atoms. The molecule has 2 rings (SSSR count). The lowest BCUT2D eigenvalue weighted by Gasteiger charge is -2.10. The first kappa shape index (κ1) is 15.4. The topological polar surface area (TPSA) is 55.2 Å². The van der Waals surface area contributed by atoms with E-state index in [0.29, 0.717) is 22.3 Å². The molecule has 110 valence electrons. The Balaban J connectivity index is 2.24. The predicted molar refractivity (Wildman–Crippen MR) is 84.0 cm³/mol. The number of anilines is 1. The average Bonchev–Trinajstić information content (AvgIpc) is 2.43. The fourth-order valence-electron chi connectivity index (χ4n) is 1.94. The average molecular weight is 353 g/mol. The second kappa shape index (κ2) is 6.22. The molecule has 0 saturated carbocycles. The summed E-state index contributed by atoms with van der Waals surface area (Å²) >= 11 is 3.09. The Hall–Kier alpha value is -1.95. The Bertz CT molecular complexity index is 704. The van der Waals surface area contributed by atoms with Crippen molar-refractivity contribution in [2.24, 2.45) is 0 Å². The van der Waals surface area contributed by atoms with Gasteiger partial charge in [0.2, 0.25) is 0 Å². The van der Waals surface area contributed by atoms with Gasteiger partial charge >= 0.3 is 0 Å². The number of benzene rings is 2. The van der Waals surface area contributed by atoms with Crippen LogP contribution in [0, 0.1) is 29.8 Å². The number of halogens is 2. The number of rotatable bonds is 4. The lowest BCUT2D eigenvalue weighted by atomic mass is 10.1. The number of aryl methyl sites for hydroxylation is 2. The maximum absolute atomic E-state index is 13.4. The molecule has 6 heteroatoms. The third kappa shape index (κ3) is 3.58. The number of nitrogens with one attached hydrogen (secondary N) is 1. The van der Waals surface area contributed by atoms with E-state index >= 15 is 0 Å². The molecule has 0 atom stereocenters. The molecule has 0 aliphatic rings. The first-order valence-electron chi connectivity index (χ1n) is 6.32. The van der Waals surface area contributed by atoms with Crippen molar-refractivity contribution in [3.05, 3.63) is 67.4 Å². The molecule has 0 spiro atoms. The number of nitro benzene ring substituents is 1. The number of nitro groups is 1. The van der Waals surface area contributed by atoms with Gasteiger partial charge in [-0.3, -0.25) is 10.1 Å². The summed E-state index contributed by atoms with van der Waals surface area (Å²) in [4.78, 5) is 10.7. The van der Waals surface area contributed by atoms with Crippen molar-refractivity contribution < 1.29 is 9.31 Å². The summed E-state index contributed by atoms with van der Waals surface area (Å²) in [5, 5.41) is 14.1. The molecule has 0 aliphatic carbocycles. The zero-order valence-corrected chi connectivity index (χ0v) is 13.2. The quantitative estimate of drug-likeness (QED) is 0.639. The summed E-state index contributed by atoms with van der Waals surface area (Å²) in [5.74, 6) is -0.358. The Labute approximate surface area is 130 Å². The van der Waals surface area contributed by atoms with Gasteiger partial charge in [-0.2, -0.15) is 0 Å². The van der Waals surface area contributed by atoms with Crippen molar-refractivity contribution in [3.8, 4) is 0 Å². The van der Waals surface area contributed by atoms with E-state index in [1.54, 1.807) is 24.3 Å². The lowest BCUT2D eigenvalue weighted by Crippen LogP contribution is -2.04. The monoisotopic (exact) mass is 352 g/mol. The minimum Gasteiger partial charge on any atom is -0.375 e. The van der Waals surface area contributed by atoms with Gasteiger partial charge in [-0.05, 0) is 64.7 Å². The van der Waals surface area contributed by atoms with E-state index in [9.17, 15) is 14.5 Å². The second-order valence-corrected chi connectivity index (χ2v) is 5.67. The van der Waals surface area contributed by atoms with Crippen LogP contribution in [-0.2, 0) is 6.54 Å². The second-order valence-electron chi connectivity index (χ2n) is 4.81. The Kier molecular flexibility index (Phi) is 4.57. The lowest BCUT2D eigenvalue weighted by molar-refractivity contribution is -0.384. The van der Waals surface area contributed by atoms with Gasteiger partial charge in [0.1, 0.15) is 11.5 Å². The van der Waals surface area contributed by atoms with E-state index < -0.39 is 4.92 Å². The highest BCUT2D eigenvalue weighted by atomic mass is 79.9. The smallest absolute Gasteiger partial charge is 0.292 e. The number of hydrogen-bond acceptors (Lipinski definition) is 3. The molecule has 21 heavy (non-hydrogen) atoms. The van der Waals surface area contributed by atoms with Gasteiger partial charge in [-0.25, -0.2) is 4.39 Å². The van der Waals surface area contributed by atoms with Crippen LogP contribution < -0.4 is 5.32 Å². The van der Waals surface area contributed by atoms with Crippen LogP contribution in [0.2, 0.25) is 0 Å². The van der Waals surface area contributed by atoms with E-state index in [-0.39, 0.29) is 11.5 Å². The number of nitrogens with zero attached hydrogens (tertiary/aromatic N) is 1. The van der Waals surface area contributed by atoms with Crippen LogP contribution in [0.1, 0.15) is 16.7 Å². The van der Waals surface area contributed by atoms with Crippen molar-refractivity contribution >= 4 is 27.3 Å². The van der Waals surface area contributed by atoms with Gasteiger partial charge in [-0.1, -0.05) is 6.07 Å². The molecule has 2 aromatic rings. The Morgan fingerprint density at radius 3 is 2.52 bits per heavy atom. The summed E-state index contributed by atoms with van der Waals surface area (Å²) < 4.78 is 13.8. The molecule has 4 nitrogen and oxygen atoms in total. The molecule has 0 aromatic heterocycles. The molecular weight excluding hydrogens is 339 g/mol. The highest BCUT2D eigenvalue weighted by Gasteiger charge is 2.15. The molecule has 0 fully saturated rings. The summed E-state index contributed by atoms with van der Waals surface area (Å²) in [6.07, 6.45) is 0. The van der Waals surface area contributed by atoms with Crippen LogP contribution in [0.15, 0.2) is 34.8 Å². The van der Waals surface area contributed by atoms with Crippen molar-refractivity contribution in [2.45, 2.75) is 20.4 Å². The van der Waals surface area contributed by atoms with Gasteiger partial charge in [0.05, 0.1) is 9.40 Å². The maximum Gasteiger partial charge on any atom is 0.292 e. The first-order valence-corrected chi connectivity index (χ1v) is 7.11. The fraction of sp³-hybridized carbons (Fsp3) is 0.200. The van der Waals surface area contributed by atoms with Crippen LogP contribution in [0.25, 0.3) is 0 Å². The summed E-state index contributed by atoms with van der Waals surface area (Å²) in [5.41, 5.74) is 3.00. The fourth-order valence-corrected chi connectivity index (χ4v) is 2.19. The van der Waals surface area contributed by atoms with Crippen molar-refractivity contribution in [1.29, 1.82) is 0 Å². The van der Waals surface area contributed by atoms with Crippen LogP contribution in [0.3, 0.4) is 0 Å². The standard InChI is InChI=1S/C15H14BrFN2O2/c1-9-5-14(15(19(20)21)6-10(9)2)18-8-11-3-4-12(16)13(17)7-11/h3-7,18H,8H2,1-2H3. The molecule has 0 saturated heterocycles. The van der Waals surface area contributed by atoms with E-state index in [0.717, 1.165) is 11.1 Å². The van der Waals surface area contributed by atoms with E-state index in [4.69, 9.17) is 0 Å². The molecule has 0 unspecified atom stereocenters. The van der Waals surface area contributed by atoms with Gasteiger partial charge in [0.15, 0.2) is 0 Å². The summed E-state index contributed by atoms with van der Waals surface area (Å²) in [6, 6.07) is 8.04. The first-order chi connectivity index (χ1) is 9.88. The van der Waals surface area contributed by atoms with Crippen LogP contribution in [0.4, 0.5) is 15.8 Å². The zero-order chi connectivity index (χ0) is 15.6. The minimum absolute atomic E-state index is 0.0238.